The lowest BCUT2D eigenvalue weighted by Crippen LogP contribution is -2.30. The van der Waals surface area contributed by atoms with Crippen LogP contribution in [0.25, 0.3) is 16.9 Å². The SMILES string of the molecule is Cc1cc2c(B(O)O)cccc2n1-c1nc2c(c(NCc3ccccc3)n1)CN(C)C2. The van der Waals surface area contributed by atoms with Gasteiger partial charge in [-0.1, -0.05) is 42.5 Å². The van der Waals surface area contributed by atoms with E-state index in [4.69, 9.17) is 9.97 Å². The summed E-state index contributed by atoms with van der Waals surface area (Å²) in [6, 6.07) is 17.7. The van der Waals surface area contributed by atoms with Gasteiger partial charge < -0.3 is 15.4 Å². The molecular formula is C23H24BN5O2. The summed E-state index contributed by atoms with van der Waals surface area (Å²) in [6.45, 7) is 4.23. The van der Waals surface area contributed by atoms with Crippen LogP contribution >= 0.6 is 0 Å². The molecule has 0 atom stereocenters. The number of hydrogen-bond acceptors (Lipinski definition) is 6. The number of fused-ring (bicyclic) bond motifs is 2. The molecule has 5 rings (SSSR count). The molecule has 156 valence electrons. The van der Waals surface area contributed by atoms with Gasteiger partial charge in [0.25, 0.3) is 0 Å². The molecule has 2 aromatic heterocycles. The molecule has 0 spiro atoms. The third kappa shape index (κ3) is 3.59. The van der Waals surface area contributed by atoms with E-state index in [0.29, 0.717) is 18.0 Å². The zero-order valence-corrected chi connectivity index (χ0v) is 17.6. The molecule has 0 unspecified atom stereocenters. The average Bonchev–Trinajstić information content (AvgIpc) is 3.30. The van der Waals surface area contributed by atoms with Crippen molar-refractivity contribution in [1.29, 1.82) is 0 Å². The van der Waals surface area contributed by atoms with Crippen molar-refractivity contribution >= 4 is 29.3 Å². The van der Waals surface area contributed by atoms with Crippen molar-refractivity contribution in [2.24, 2.45) is 0 Å². The predicted octanol–water partition coefficient (Wildman–Crippen LogP) is 1.97. The van der Waals surface area contributed by atoms with E-state index in [1.165, 1.54) is 5.56 Å². The first-order chi connectivity index (χ1) is 15.0. The monoisotopic (exact) mass is 413 g/mol. The van der Waals surface area contributed by atoms with Gasteiger partial charge in [-0.3, -0.25) is 9.47 Å². The Kier molecular flexibility index (Phi) is 4.98. The van der Waals surface area contributed by atoms with Gasteiger partial charge >= 0.3 is 7.12 Å². The van der Waals surface area contributed by atoms with Gasteiger partial charge in [0.05, 0.1) is 11.2 Å². The summed E-state index contributed by atoms with van der Waals surface area (Å²) in [7, 11) is 0.546. The fourth-order valence-corrected chi connectivity index (χ4v) is 4.30. The number of nitrogens with one attached hydrogen (secondary N) is 1. The predicted molar refractivity (Wildman–Crippen MR) is 122 cm³/mol. The van der Waals surface area contributed by atoms with E-state index < -0.39 is 7.12 Å². The second kappa shape index (κ2) is 7.81. The van der Waals surface area contributed by atoms with Crippen LogP contribution < -0.4 is 10.8 Å². The Balaban J connectivity index is 1.61. The standard InChI is InChI=1S/C23H24BN5O2/c1-15-11-17-19(24(30)31)9-6-10-21(17)29(15)23-26-20-14-28(2)13-18(20)22(27-23)25-12-16-7-4-3-5-8-16/h3-11,30-31H,12-14H2,1-2H3,(H,25,26,27). The molecule has 31 heavy (non-hydrogen) atoms. The normalized spacial score (nSPS) is 13.5. The third-order valence-electron chi connectivity index (χ3n) is 5.77. The van der Waals surface area contributed by atoms with Crippen molar-refractivity contribution in [3.63, 3.8) is 0 Å². The second-order valence-electron chi connectivity index (χ2n) is 8.08. The van der Waals surface area contributed by atoms with Crippen LogP contribution in [0.1, 0.15) is 22.5 Å². The van der Waals surface area contributed by atoms with Crippen molar-refractivity contribution in [3.05, 3.63) is 77.1 Å². The van der Waals surface area contributed by atoms with Crippen molar-refractivity contribution in [2.75, 3.05) is 12.4 Å². The highest BCUT2D eigenvalue weighted by Crippen LogP contribution is 2.29. The maximum absolute atomic E-state index is 9.77. The summed E-state index contributed by atoms with van der Waals surface area (Å²) in [5, 5.41) is 23.8. The Morgan fingerprint density at radius 3 is 2.61 bits per heavy atom. The maximum atomic E-state index is 9.77. The molecule has 4 aromatic rings. The molecule has 0 radical (unpaired) electrons. The van der Waals surface area contributed by atoms with E-state index >= 15 is 0 Å². The molecule has 3 N–H and O–H groups in total. The molecule has 0 bridgehead atoms. The number of nitrogens with zero attached hydrogens (tertiary/aromatic N) is 4. The van der Waals surface area contributed by atoms with Crippen molar-refractivity contribution in [1.82, 2.24) is 19.4 Å². The minimum Gasteiger partial charge on any atom is -0.423 e. The number of aryl methyl sites for hydroxylation is 1. The quantitative estimate of drug-likeness (QED) is 0.434. The lowest BCUT2D eigenvalue weighted by molar-refractivity contribution is 0.351. The molecule has 0 saturated heterocycles. The fourth-order valence-electron chi connectivity index (χ4n) is 4.30. The highest BCUT2D eigenvalue weighted by molar-refractivity contribution is 6.61. The van der Waals surface area contributed by atoms with Gasteiger partial charge in [0.2, 0.25) is 5.95 Å². The minimum atomic E-state index is -1.53. The van der Waals surface area contributed by atoms with Gasteiger partial charge in [0.15, 0.2) is 0 Å². The Bertz CT molecular complexity index is 1260. The highest BCUT2D eigenvalue weighted by Gasteiger charge is 2.25. The van der Waals surface area contributed by atoms with Gasteiger partial charge in [-0.05, 0) is 37.1 Å². The first kappa shape index (κ1) is 19.7. The first-order valence-electron chi connectivity index (χ1n) is 10.3. The van der Waals surface area contributed by atoms with Gasteiger partial charge in [0.1, 0.15) is 5.82 Å². The number of rotatable bonds is 5. The number of anilines is 1. The van der Waals surface area contributed by atoms with Crippen LogP contribution in [0.2, 0.25) is 0 Å². The third-order valence-corrected chi connectivity index (χ3v) is 5.77. The van der Waals surface area contributed by atoms with Crippen LogP contribution in [-0.4, -0.2) is 43.6 Å². The van der Waals surface area contributed by atoms with E-state index in [0.717, 1.165) is 46.8 Å². The average molecular weight is 413 g/mol. The molecule has 1 aliphatic heterocycles. The zero-order chi connectivity index (χ0) is 21.5. The topological polar surface area (TPSA) is 86.4 Å². The number of benzene rings is 2. The van der Waals surface area contributed by atoms with Crippen LogP contribution in [0.5, 0.6) is 0 Å². The lowest BCUT2D eigenvalue weighted by Gasteiger charge is -2.14. The Morgan fingerprint density at radius 2 is 1.84 bits per heavy atom. The summed E-state index contributed by atoms with van der Waals surface area (Å²) in [4.78, 5) is 12.0. The highest BCUT2D eigenvalue weighted by atomic mass is 16.4. The summed E-state index contributed by atoms with van der Waals surface area (Å²) in [6.07, 6.45) is 0. The van der Waals surface area contributed by atoms with E-state index in [2.05, 4.69) is 29.4 Å². The van der Waals surface area contributed by atoms with Crippen LogP contribution in [0.3, 0.4) is 0 Å². The van der Waals surface area contributed by atoms with Gasteiger partial charge in [-0.25, -0.2) is 4.98 Å². The van der Waals surface area contributed by atoms with Crippen molar-refractivity contribution in [3.8, 4) is 5.95 Å². The van der Waals surface area contributed by atoms with Crippen molar-refractivity contribution < 1.29 is 10.0 Å². The largest absolute Gasteiger partial charge is 0.489 e. The van der Waals surface area contributed by atoms with Crippen LogP contribution in [0.4, 0.5) is 5.82 Å². The molecule has 0 aliphatic carbocycles. The minimum absolute atomic E-state index is 0.475. The summed E-state index contributed by atoms with van der Waals surface area (Å²) < 4.78 is 1.98. The first-order valence-corrected chi connectivity index (χ1v) is 10.3. The lowest BCUT2D eigenvalue weighted by atomic mass is 9.78. The molecule has 0 amide bonds. The van der Waals surface area contributed by atoms with E-state index in [9.17, 15) is 10.0 Å². The number of aromatic nitrogens is 3. The smallest absolute Gasteiger partial charge is 0.423 e. The molecule has 2 aromatic carbocycles. The fraction of sp³-hybridized carbons (Fsp3) is 0.217. The number of hydrogen-bond donors (Lipinski definition) is 3. The van der Waals surface area contributed by atoms with Crippen LogP contribution in [0, 0.1) is 6.92 Å². The molecule has 8 heteroatoms. The molecule has 7 nitrogen and oxygen atoms in total. The molecular weight excluding hydrogens is 389 g/mol. The Morgan fingerprint density at radius 1 is 1.03 bits per heavy atom. The van der Waals surface area contributed by atoms with E-state index in [-0.39, 0.29) is 0 Å². The second-order valence-corrected chi connectivity index (χ2v) is 8.08. The van der Waals surface area contributed by atoms with Gasteiger partial charge in [-0.15, -0.1) is 0 Å². The maximum Gasteiger partial charge on any atom is 0.489 e. The summed E-state index contributed by atoms with van der Waals surface area (Å²) >= 11 is 0. The summed E-state index contributed by atoms with van der Waals surface area (Å²) in [5.41, 5.74) is 5.59. The Hall–Kier alpha value is -3.20. The van der Waals surface area contributed by atoms with Crippen LogP contribution in [-0.2, 0) is 19.6 Å². The molecule has 3 heterocycles. The molecule has 1 aliphatic rings. The van der Waals surface area contributed by atoms with Gasteiger partial charge in [-0.2, -0.15) is 4.98 Å². The van der Waals surface area contributed by atoms with Crippen LogP contribution in [0.15, 0.2) is 54.6 Å². The van der Waals surface area contributed by atoms with E-state index in [1.807, 2.05) is 47.9 Å². The molecule has 0 fully saturated rings. The zero-order valence-electron chi connectivity index (χ0n) is 17.6. The summed E-state index contributed by atoms with van der Waals surface area (Å²) in [5.74, 6) is 1.43. The Labute approximate surface area is 181 Å². The van der Waals surface area contributed by atoms with Crippen molar-refractivity contribution in [2.45, 2.75) is 26.6 Å². The van der Waals surface area contributed by atoms with E-state index in [1.54, 1.807) is 6.07 Å². The molecule has 0 saturated carbocycles. The van der Waals surface area contributed by atoms with Gasteiger partial charge in [0, 0.05) is 36.3 Å².